The Morgan fingerprint density at radius 2 is 1.68 bits per heavy atom. The van der Waals surface area contributed by atoms with Gasteiger partial charge in [-0.2, -0.15) is 0 Å². The quantitative estimate of drug-likeness (QED) is 0.802. The maximum atomic E-state index is 12.4. The fourth-order valence-corrected chi connectivity index (χ4v) is 2.96. The van der Waals surface area contributed by atoms with E-state index in [1.165, 1.54) is 12.1 Å². The summed E-state index contributed by atoms with van der Waals surface area (Å²) in [6.45, 7) is 0. The third kappa shape index (κ3) is 2.55. The average molecular weight is 337 g/mol. The number of carbonyl (C=O) groups is 3. The highest BCUT2D eigenvalue weighted by Gasteiger charge is 2.39. The van der Waals surface area contributed by atoms with Gasteiger partial charge >= 0.3 is 5.97 Å². The van der Waals surface area contributed by atoms with Gasteiger partial charge in [-0.05, 0) is 54.7 Å². The molecule has 0 atom stereocenters. The van der Waals surface area contributed by atoms with Crippen LogP contribution >= 0.6 is 0 Å². The van der Waals surface area contributed by atoms with Gasteiger partial charge in [0, 0.05) is 0 Å². The number of ether oxygens (including phenoxy) is 1. The van der Waals surface area contributed by atoms with Crippen LogP contribution in [0.25, 0.3) is 0 Å². The van der Waals surface area contributed by atoms with Crippen LogP contribution in [0.4, 0.5) is 0 Å². The minimum atomic E-state index is -0.751. The number of hydroxylamine groups is 2. The van der Waals surface area contributed by atoms with Crippen molar-refractivity contribution in [1.82, 2.24) is 5.06 Å². The van der Waals surface area contributed by atoms with Gasteiger partial charge in [-0.1, -0.05) is 17.2 Å². The Hall–Kier alpha value is -3.15. The van der Waals surface area contributed by atoms with Crippen LogP contribution in [0.3, 0.4) is 0 Å². The molecule has 4 rings (SSSR count). The number of hydrogen-bond donors (Lipinski definition) is 0. The van der Waals surface area contributed by atoms with Crippen molar-refractivity contribution in [1.29, 1.82) is 0 Å². The second kappa shape index (κ2) is 5.73. The largest absolute Gasteiger partial charge is 0.496 e. The summed E-state index contributed by atoms with van der Waals surface area (Å²) in [6.07, 6.45) is 2.10. The van der Waals surface area contributed by atoms with Gasteiger partial charge in [0.2, 0.25) is 0 Å². The lowest BCUT2D eigenvalue weighted by Gasteiger charge is -2.14. The first-order valence-electron chi connectivity index (χ1n) is 7.98. The number of carbonyl (C=O) groups excluding carboxylic acids is 3. The molecule has 0 radical (unpaired) electrons. The molecule has 1 heterocycles. The summed E-state index contributed by atoms with van der Waals surface area (Å²) in [5.41, 5.74) is 1.68. The molecule has 25 heavy (non-hydrogen) atoms. The maximum absolute atomic E-state index is 12.4. The molecule has 2 amide bonds. The summed E-state index contributed by atoms with van der Waals surface area (Å²) < 4.78 is 5.32. The van der Waals surface area contributed by atoms with E-state index < -0.39 is 17.8 Å². The Morgan fingerprint density at radius 1 is 1.04 bits per heavy atom. The van der Waals surface area contributed by atoms with Crippen molar-refractivity contribution in [3.8, 4) is 5.75 Å². The van der Waals surface area contributed by atoms with Gasteiger partial charge in [0.25, 0.3) is 11.8 Å². The van der Waals surface area contributed by atoms with Crippen molar-refractivity contribution in [3.05, 3.63) is 64.7 Å². The molecule has 0 saturated heterocycles. The van der Waals surface area contributed by atoms with E-state index in [1.54, 1.807) is 37.4 Å². The van der Waals surface area contributed by atoms with Crippen LogP contribution in [0.1, 0.15) is 55.4 Å². The van der Waals surface area contributed by atoms with Crippen LogP contribution in [-0.2, 0) is 4.84 Å². The Kier molecular flexibility index (Phi) is 3.53. The van der Waals surface area contributed by atoms with Crippen LogP contribution in [0.2, 0.25) is 0 Å². The van der Waals surface area contributed by atoms with E-state index in [0.717, 1.165) is 24.2 Å². The number of nitrogens with zero attached hydrogens (tertiary/aromatic N) is 1. The molecule has 0 N–H and O–H groups in total. The number of benzene rings is 2. The van der Waals surface area contributed by atoms with Gasteiger partial charge in [0.15, 0.2) is 0 Å². The molecular weight excluding hydrogens is 322 g/mol. The Bertz CT molecular complexity index is 865. The van der Waals surface area contributed by atoms with Gasteiger partial charge in [-0.3, -0.25) is 9.59 Å². The van der Waals surface area contributed by atoms with Crippen molar-refractivity contribution in [2.24, 2.45) is 0 Å². The first-order chi connectivity index (χ1) is 12.1. The highest BCUT2D eigenvalue weighted by atomic mass is 16.7. The molecule has 1 saturated carbocycles. The molecular formula is C19H15NO5. The monoisotopic (exact) mass is 337 g/mol. The van der Waals surface area contributed by atoms with E-state index in [9.17, 15) is 14.4 Å². The topological polar surface area (TPSA) is 72.9 Å². The fourth-order valence-electron chi connectivity index (χ4n) is 2.96. The molecule has 1 aliphatic heterocycles. The number of amides is 2. The summed E-state index contributed by atoms with van der Waals surface area (Å²) in [4.78, 5) is 42.1. The van der Waals surface area contributed by atoms with Crippen LogP contribution < -0.4 is 4.74 Å². The number of imide groups is 1. The van der Waals surface area contributed by atoms with Crippen LogP contribution in [0, 0.1) is 0 Å². The first-order valence-corrected chi connectivity index (χ1v) is 7.98. The standard InChI is InChI=1S/C19H15NO5/c1-24-16-9-8-12(10-15(16)11-6-7-11)19(23)25-20-17(21)13-4-2-3-5-14(13)18(20)22/h2-5,8-11H,6-7H2,1H3. The van der Waals surface area contributed by atoms with E-state index in [0.29, 0.717) is 11.0 Å². The zero-order chi connectivity index (χ0) is 17.6. The molecule has 2 aromatic carbocycles. The van der Waals surface area contributed by atoms with E-state index in [1.807, 2.05) is 0 Å². The fraction of sp³-hybridized carbons (Fsp3) is 0.211. The SMILES string of the molecule is COc1ccc(C(=O)ON2C(=O)c3ccccc3C2=O)cc1C1CC1. The van der Waals surface area contributed by atoms with E-state index in [2.05, 4.69) is 0 Å². The summed E-state index contributed by atoms with van der Waals surface area (Å²) in [6, 6.07) is 11.3. The third-order valence-corrected chi connectivity index (χ3v) is 4.41. The molecule has 126 valence electrons. The highest BCUT2D eigenvalue weighted by Crippen LogP contribution is 2.44. The second-order valence-corrected chi connectivity index (χ2v) is 6.06. The lowest BCUT2D eigenvalue weighted by molar-refractivity contribution is -0.0584. The van der Waals surface area contributed by atoms with Gasteiger partial charge in [-0.25, -0.2) is 4.79 Å². The molecule has 2 aliphatic rings. The predicted molar refractivity (Wildman–Crippen MR) is 87.3 cm³/mol. The molecule has 0 aromatic heterocycles. The number of methoxy groups -OCH3 is 1. The van der Waals surface area contributed by atoms with Crippen molar-refractivity contribution in [2.75, 3.05) is 7.11 Å². The molecule has 1 aliphatic carbocycles. The zero-order valence-electron chi connectivity index (χ0n) is 13.5. The summed E-state index contributed by atoms with van der Waals surface area (Å²) in [7, 11) is 1.58. The summed E-state index contributed by atoms with van der Waals surface area (Å²) in [5.74, 6) is -0.921. The van der Waals surface area contributed by atoms with Crippen molar-refractivity contribution >= 4 is 17.8 Å². The van der Waals surface area contributed by atoms with Crippen LogP contribution in [0.5, 0.6) is 5.75 Å². The minimum Gasteiger partial charge on any atom is -0.496 e. The molecule has 2 aromatic rings. The molecule has 6 heteroatoms. The predicted octanol–water partition coefficient (Wildman–Crippen LogP) is 2.94. The van der Waals surface area contributed by atoms with Gasteiger partial charge in [0.05, 0.1) is 23.8 Å². The first kappa shape index (κ1) is 15.4. The van der Waals surface area contributed by atoms with Gasteiger partial charge in [0.1, 0.15) is 5.75 Å². The molecule has 6 nitrogen and oxygen atoms in total. The van der Waals surface area contributed by atoms with Crippen LogP contribution in [-0.4, -0.2) is 30.0 Å². The van der Waals surface area contributed by atoms with Gasteiger partial charge < -0.3 is 9.57 Å². The number of fused-ring (bicyclic) bond motifs is 1. The molecule has 0 spiro atoms. The highest BCUT2D eigenvalue weighted by molar-refractivity contribution is 6.21. The maximum Gasteiger partial charge on any atom is 0.363 e. The van der Waals surface area contributed by atoms with E-state index in [4.69, 9.17) is 9.57 Å². The second-order valence-electron chi connectivity index (χ2n) is 6.06. The molecule has 0 unspecified atom stereocenters. The Labute approximate surface area is 143 Å². The number of hydrogen-bond acceptors (Lipinski definition) is 5. The lowest BCUT2D eigenvalue weighted by atomic mass is 10.1. The normalized spacial score (nSPS) is 16.0. The summed E-state index contributed by atoms with van der Waals surface area (Å²) in [5, 5.41) is 0.522. The van der Waals surface area contributed by atoms with Gasteiger partial charge in [-0.15, -0.1) is 0 Å². The Morgan fingerprint density at radius 3 is 2.24 bits per heavy atom. The van der Waals surface area contributed by atoms with E-state index in [-0.39, 0.29) is 16.7 Å². The lowest BCUT2D eigenvalue weighted by Crippen LogP contribution is -2.32. The minimum absolute atomic E-state index is 0.230. The smallest absolute Gasteiger partial charge is 0.363 e. The van der Waals surface area contributed by atoms with Crippen molar-refractivity contribution < 1.29 is 24.0 Å². The zero-order valence-corrected chi connectivity index (χ0v) is 13.5. The van der Waals surface area contributed by atoms with Crippen molar-refractivity contribution in [2.45, 2.75) is 18.8 Å². The molecule has 1 fully saturated rings. The van der Waals surface area contributed by atoms with E-state index >= 15 is 0 Å². The average Bonchev–Trinajstić information content (AvgIpc) is 3.46. The third-order valence-electron chi connectivity index (χ3n) is 4.41. The Balaban J connectivity index is 1.58. The molecule has 0 bridgehead atoms. The number of rotatable bonds is 4. The summed E-state index contributed by atoms with van der Waals surface area (Å²) >= 11 is 0. The van der Waals surface area contributed by atoms with Crippen LogP contribution in [0.15, 0.2) is 42.5 Å². The van der Waals surface area contributed by atoms with Crippen molar-refractivity contribution in [3.63, 3.8) is 0 Å².